The van der Waals surface area contributed by atoms with E-state index in [0.29, 0.717) is 12.0 Å². The number of carbonyl (C=O) groups excluding carboxylic acids is 1. The third kappa shape index (κ3) is 4.57. The molecule has 1 aromatic rings. The lowest BCUT2D eigenvalue weighted by molar-refractivity contribution is -0.137. The van der Waals surface area contributed by atoms with Gasteiger partial charge in [0.05, 0.1) is 0 Å². The highest BCUT2D eigenvalue weighted by molar-refractivity contribution is 5.94. The standard InChI is InChI=1S/C14H19NO3/c1-10-4-6-11(7-5-10)13(18)15-14(2,3)9-8-12(16)17/h4-7H,8-9H2,1-3H3,(H,15,18)(H,16,17). The Hall–Kier alpha value is -1.84. The van der Waals surface area contributed by atoms with Crippen LogP contribution in [0.1, 0.15) is 42.6 Å². The van der Waals surface area contributed by atoms with E-state index in [1.165, 1.54) is 0 Å². The highest BCUT2D eigenvalue weighted by Gasteiger charge is 2.21. The van der Waals surface area contributed by atoms with Gasteiger partial charge in [0.15, 0.2) is 0 Å². The van der Waals surface area contributed by atoms with E-state index >= 15 is 0 Å². The van der Waals surface area contributed by atoms with Crippen molar-refractivity contribution in [3.05, 3.63) is 35.4 Å². The summed E-state index contributed by atoms with van der Waals surface area (Å²) in [6, 6.07) is 7.27. The Morgan fingerprint density at radius 1 is 1.22 bits per heavy atom. The number of hydrogen-bond donors (Lipinski definition) is 2. The third-order valence-electron chi connectivity index (χ3n) is 2.73. The number of carboxylic acid groups (broad SMARTS) is 1. The number of carboxylic acids is 1. The van der Waals surface area contributed by atoms with E-state index in [-0.39, 0.29) is 12.3 Å². The van der Waals surface area contributed by atoms with E-state index in [1.807, 2.05) is 32.9 Å². The molecule has 98 valence electrons. The summed E-state index contributed by atoms with van der Waals surface area (Å²) in [5.74, 6) is -1.03. The van der Waals surface area contributed by atoms with Gasteiger partial charge in [-0.15, -0.1) is 0 Å². The fourth-order valence-electron chi connectivity index (χ4n) is 1.57. The predicted molar refractivity (Wildman–Crippen MR) is 69.6 cm³/mol. The maximum absolute atomic E-state index is 12.0. The lowest BCUT2D eigenvalue weighted by Gasteiger charge is -2.25. The molecule has 18 heavy (non-hydrogen) atoms. The molecule has 1 rings (SSSR count). The minimum atomic E-state index is -0.854. The summed E-state index contributed by atoms with van der Waals surface area (Å²) in [7, 11) is 0. The van der Waals surface area contributed by atoms with Gasteiger partial charge in [0, 0.05) is 17.5 Å². The second kappa shape index (κ2) is 5.67. The summed E-state index contributed by atoms with van der Waals surface area (Å²) in [5.41, 5.74) is 1.15. The molecule has 1 amide bonds. The van der Waals surface area contributed by atoms with Gasteiger partial charge in [-0.3, -0.25) is 9.59 Å². The average molecular weight is 249 g/mol. The summed E-state index contributed by atoms with van der Waals surface area (Å²) < 4.78 is 0. The first-order valence-corrected chi connectivity index (χ1v) is 5.91. The molecule has 0 aliphatic carbocycles. The Morgan fingerprint density at radius 2 is 1.78 bits per heavy atom. The Balaban J connectivity index is 2.63. The van der Waals surface area contributed by atoms with Gasteiger partial charge in [0.2, 0.25) is 0 Å². The van der Waals surface area contributed by atoms with E-state index in [4.69, 9.17) is 5.11 Å². The fraction of sp³-hybridized carbons (Fsp3) is 0.429. The largest absolute Gasteiger partial charge is 0.481 e. The quantitative estimate of drug-likeness (QED) is 0.841. The number of carbonyl (C=O) groups is 2. The summed E-state index contributed by atoms with van der Waals surface area (Å²) in [6.45, 7) is 5.60. The van der Waals surface area contributed by atoms with Crippen molar-refractivity contribution in [3.63, 3.8) is 0 Å². The van der Waals surface area contributed by atoms with Crippen LogP contribution in [-0.4, -0.2) is 22.5 Å². The van der Waals surface area contributed by atoms with Crippen molar-refractivity contribution in [2.24, 2.45) is 0 Å². The second-order valence-electron chi connectivity index (χ2n) is 5.10. The van der Waals surface area contributed by atoms with Gasteiger partial charge in [-0.1, -0.05) is 17.7 Å². The first-order valence-electron chi connectivity index (χ1n) is 5.91. The van der Waals surface area contributed by atoms with Crippen LogP contribution in [0.3, 0.4) is 0 Å². The van der Waals surface area contributed by atoms with Gasteiger partial charge < -0.3 is 10.4 Å². The number of hydrogen-bond acceptors (Lipinski definition) is 2. The first-order chi connectivity index (χ1) is 8.30. The minimum Gasteiger partial charge on any atom is -0.481 e. The second-order valence-corrected chi connectivity index (χ2v) is 5.10. The number of aliphatic carboxylic acids is 1. The van der Waals surface area contributed by atoms with Crippen molar-refractivity contribution in [2.45, 2.75) is 39.2 Å². The van der Waals surface area contributed by atoms with E-state index in [0.717, 1.165) is 5.56 Å². The molecule has 0 radical (unpaired) electrons. The molecule has 0 saturated carbocycles. The van der Waals surface area contributed by atoms with Crippen LogP contribution in [-0.2, 0) is 4.79 Å². The van der Waals surface area contributed by atoms with Gasteiger partial charge in [-0.2, -0.15) is 0 Å². The Labute approximate surface area is 107 Å². The molecular weight excluding hydrogens is 230 g/mol. The predicted octanol–water partition coefficient (Wildman–Crippen LogP) is 2.37. The lowest BCUT2D eigenvalue weighted by Crippen LogP contribution is -2.43. The third-order valence-corrected chi connectivity index (χ3v) is 2.73. The van der Waals surface area contributed by atoms with Gasteiger partial charge in [-0.05, 0) is 39.3 Å². The summed E-state index contributed by atoms with van der Waals surface area (Å²) in [4.78, 5) is 22.5. The van der Waals surface area contributed by atoms with Gasteiger partial charge >= 0.3 is 5.97 Å². The van der Waals surface area contributed by atoms with Crippen molar-refractivity contribution in [3.8, 4) is 0 Å². The monoisotopic (exact) mass is 249 g/mol. The van der Waals surface area contributed by atoms with Gasteiger partial charge in [-0.25, -0.2) is 0 Å². The molecule has 0 atom stereocenters. The van der Waals surface area contributed by atoms with Crippen molar-refractivity contribution >= 4 is 11.9 Å². The molecule has 0 saturated heterocycles. The van der Waals surface area contributed by atoms with Crippen LogP contribution >= 0.6 is 0 Å². The normalized spacial score (nSPS) is 11.1. The number of rotatable bonds is 5. The SMILES string of the molecule is Cc1ccc(C(=O)NC(C)(C)CCC(=O)O)cc1. The van der Waals surface area contributed by atoms with E-state index < -0.39 is 11.5 Å². The van der Waals surface area contributed by atoms with Crippen LogP contribution in [0.2, 0.25) is 0 Å². The van der Waals surface area contributed by atoms with Crippen molar-refractivity contribution < 1.29 is 14.7 Å². The molecular formula is C14H19NO3. The maximum Gasteiger partial charge on any atom is 0.303 e. The number of amides is 1. The fourth-order valence-corrected chi connectivity index (χ4v) is 1.57. The number of nitrogens with one attached hydrogen (secondary N) is 1. The molecule has 2 N–H and O–H groups in total. The van der Waals surface area contributed by atoms with Crippen LogP contribution < -0.4 is 5.32 Å². The van der Waals surface area contributed by atoms with Crippen LogP contribution in [0.4, 0.5) is 0 Å². The molecule has 0 bridgehead atoms. The van der Waals surface area contributed by atoms with Crippen molar-refractivity contribution in [1.82, 2.24) is 5.32 Å². The highest BCUT2D eigenvalue weighted by Crippen LogP contribution is 2.13. The zero-order chi connectivity index (χ0) is 13.8. The molecule has 0 heterocycles. The zero-order valence-corrected chi connectivity index (χ0v) is 11.0. The lowest BCUT2D eigenvalue weighted by atomic mass is 9.97. The Morgan fingerprint density at radius 3 is 2.28 bits per heavy atom. The van der Waals surface area contributed by atoms with Crippen LogP contribution in [0.5, 0.6) is 0 Å². The molecule has 4 heteroatoms. The molecule has 0 fully saturated rings. The van der Waals surface area contributed by atoms with Crippen molar-refractivity contribution in [1.29, 1.82) is 0 Å². The molecule has 0 aliphatic heterocycles. The zero-order valence-electron chi connectivity index (χ0n) is 11.0. The topological polar surface area (TPSA) is 66.4 Å². The first kappa shape index (κ1) is 14.2. The average Bonchev–Trinajstić information content (AvgIpc) is 2.27. The molecule has 0 aromatic heterocycles. The van der Waals surface area contributed by atoms with Crippen LogP contribution in [0, 0.1) is 6.92 Å². The number of aryl methyl sites for hydroxylation is 1. The van der Waals surface area contributed by atoms with Crippen molar-refractivity contribution in [2.75, 3.05) is 0 Å². The highest BCUT2D eigenvalue weighted by atomic mass is 16.4. The molecule has 0 aliphatic rings. The van der Waals surface area contributed by atoms with Gasteiger partial charge in [0.25, 0.3) is 5.91 Å². The molecule has 4 nitrogen and oxygen atoms in total. The molecule has 0 unspecified atom stereocenters. The van der Waals surface area contributed by atoms with E-state index in [1.54, 1.807) is 12.1 Å². The Kier molecular flexibility index (Phi) is 4.48. The maximum atomic E-state index is 12.0. The smallest absolute Gasteiger partial charge is 0.303 e. The minimum absolute atomic E-state index is 0.0428. The summed E-state index contributed by atoms with van der Waals surface area (Å²) >= 11 is 0. The molecule has 0 spiro atoms. The van der Waals surface area contributed by atoms with Crippen LogP contribution in [0.25, 0.3) is 0 Å². The summed E-state index contributed by atoms with van der Waals surface area (Å²) in [5, 5.41) is 11.5. The van der Waals surface area contributed by atoms with E-state index in [2.05, 4.69) is 5.32 Å². The molecule has 1 aromatic carbocycles. The Bertz CT molecular complexity index is 435. The van der Waals surface area contributed by atoms with Gasteiger partial charge in [0.1, 0.15) is 0 Å². The summed E-state index contributed by atoms with van der Waals surface area (Å²) in [6.07, 6.45) is 0.446. The number of benzene rings is 1. The van der Waals surface area contributed by atoms with Crippen LogP contribution in [0.15, 0.2) is 24.3 Å². The van der Waals surface area contributed by atoms with E-state index in [9.17, 15) is 9.59 Å².